The first-order chi connectivity index (χ1) is 3.41. The predicted octanol–water partition coefficient (Wildman–Crippen LogP) is 1.28. The fourth-order valence-electron chi connectivity index (χ4n) is 0.435. The second-order valence-corrected chi connectivity index (χ2v) is 2.87. The minimum atomic E-state index is 0.738. The monoisotopic (exact) mass is 292 g/mol. The van der Waals surface area contributed by atoms with Gasteiger partial charge in [0.05, 0.1) is 0 Å². The van der Waals surface area contributed by atoms with Crippen molar-refractivity contribution in [3.05, 3.63) is 0 Å². The van der Waals surface area contributed by atoms with E-state index in [1.807, 2.05) is 0 Å². The summed E-state index contributed by atoms with van der Waals surface area (Å²) in [5.41, 5.74) is 0. The van der Waals surface area contributed by atoms with E-state index in [-0.39, 0.29) is 0 Å². The molecule has 0 saturated heterocycles. The summed E-state index contributed by atoms with van der Waals surface area (Å²) >= 11 is 0.738. The van der Waals surface area contributed by atoms with Crippen molar-refractivity contribution in [2.75, 3.05) is 6.61 Å². The molecule has 1 nitrogen and oxygen atoms in total. The van der Waals surface area contributed by atoms with E-state index in [0.717, 1.165) is 32.8 Å². The molecule has 0 radical (unpaired) electrons. The van der Waals surface area contributed by atoms with Crippen LogP contribution in [-0.4, -0.2) is 32.8 Å². The van der Waals surface area contributed by atoms with Crippen molar-refractivity contribution in [3.8, 4) is 0 Å². The molecule has 0 aromatic heterocycles. The molecule has 7 heavy (non-hydrogen) atoms. The first-order valence-corrected chi connectivity index (χ1v) is 4.56. The van der Waals surface area contributed by atoms with Crippen molar-refractivity contribution in [2.24, 2.45) is 0 Å². The van der Waals surface area contributed by atoms with Gasteiger partial charge >= 0.3 is 61.7 Å². The van der Waals surface area contributed by atoms with Gasteiger partial charge in [0.1, 0.15) is 0 Å². The van der Waals surface area contributed by atoms with E-state index in [1.54, 1.807) is 0 Å². The second-order valence-electron chi connectivity index (χ2n) is 1.58. The molecule has 0 unspecified atom stereocenters. The van der Waals surface area contributed by atoms with Gasteiger partial charge in [0.25, 0.3) is 0 Å². The summed E-state index contributed by atoms with van der Waals surface area (Å²) in [6, 6.07) is 0. The van der Waals surface area contributed by atoms with Gasteiger partial charge in [0, 0.05) is 0 Å². The molecule has 0 bridgehead atoms. The SMILES string of the molecule is CCCCC[O][Tl]. The van der Waals surface area contributed by atoms with Crippen LogP contribution in [0.4, 0.5) is 0 Å². The summed E-state index contributed by atoms with van der Waals surface area (Å²) in [7, 11) is 0. The molecule has 0 aromatic carbocycles. The normalized spacial score (nSPS) is 9.14. The van der Waals surface area contributed by atoms with Crippen LogP contribution in [0.1, 0.15) is 26.2 Å². The van der Waals surface area contributed by atoms with Gasteiger partial charge in [-0.2, -0.15) is 0 Å². The Labute approximate surface area is 61.8 Å². The van der Waals surface area contributed by atoms with Gasteiger partial charge in [-0.15, -0.1) is 0 Å². The Balaban J connectivity index is 2.45. The van der Waals surface area contributed by atoms with E-state index >= 15 is 0 Å². The van der Waals surface area contributed by atoms with Crippen LogP contribution in [0.5, 0.6) is 0 Å². The summed E-state index contributed by atoms with van der Waals surface area (Å²) in [4.78, 5) is 0. The Morgan fingerprint density at radius 3 is 2.57 bits per heavy atom. The molecule has 0 rings (SSSR count). The van der Waals surface area contributed by atoms with E-state index in [4.69, 9.17) is 2.69 Å². The van der Waals surface area contributed by atoms with Gasteiger partial charge in [-0.25, -0.2) is 0 Å². The van der Waals surface area contributed by atoms with Crippen LogP contribution in [0.25, 0.3) is 0 Å². The zero-order chi connectivity index (χ0) is 5.54. The number of hydrogen-bond donors (Lipinski definition) is 0. The fourth-order valence-corrected chi connectivity index (χ4v) is 1.08. The summed E-state index contributed by atoms with van der Waals surface area (Å²) in [5, 5.41) is 0. The first-order valence-electron chi connectivity index (χ1n) is 2.73. The number of unbranched alkanes of at least 4 members (excludes halogenated alkanes) is 2. The molecule has 0 aromatic rings. The summed E-state index contributed by atoms with van der Waals surface area (Å²) in [6.07, 6.45) is 3.88. The van der Waals surface area contributed by atoms with Crippen LogP contribution in [0.2, 0.25) is 0 Å². The van der Waals surface area contributed by atoms with Crippen molar-refractivity contribution >= 4 is 26.2 Å². The van der Waals surface area contributed by atoms with Crippen LogP contribution >= 0.6 is 0 Å². The molecule has 0 aliphatic heterocycles. The number of rotatable bonds is 4. The van der Waals surface area contributed by atoms with E-state index in [1.165, 1.54) is 19.3 Å². The van der Waals surface area contributed by atoms with Crippen molar-refractivity contribution in [1.29, 1.82) is 0 Å². The van der Waals surface area contributed by atoms with E-state index in [0.29, 0.717) is 0 Å². The molecule has 40 valence electrons. The van der Waals surface area contributed by atoms with Crippen LogP contribution in [0.3, 0.4) is 0 Å². The first kappa shape index (κ1) is 7.88. The molecule has 2 heteroatoms. The fraction of sp³-hybridized carbons (Fsp3) is 1.00. The van der Waals surface area contributed by atoms with Gasteiger partial charge in [-0.05, 0) is 0 Å². The van der Waals surface area contributed by atoms with Crippen molar-refractivity contribution in [3.63, 3.8) is 0 Å². The van der Waals surface area contributed by atoms with E-state index in [2.05, 4.69) is 6.92 Å². The third-order valence-electron chi connectivity index (χ3n) is 0.866. The average molecular weight is 292 g/mol. The van der Waals surface area contributed by atoms with Gasteiger partial charge in [0.2, 0.25) is 0 Å². The summed E-state index contributed by atoms with van der Waals surface area (Å²) in [5.74, 6) is 0. The summed E-state index contributed by atoms with van der Waals surface area (Å²) < 4.78 is 5.01. The van der Waals surface area contributed by atoms with E-state index in [9.17, 15) is 0 Å². The van der Waals surface area contributed by atoms with Crippen LogP contribution in [-0.2, 0) is 2.69 Å². The summed E-state index contributed by atoms with van der Waals surface area (Å²) in [6.45, 7) is 3.20. The third-order valence-corrected chi connectivity index (χ3v) is 1.78. The molecule has 0 atom stereocenters. The van der Waals surface area contributed by atoms with Crippen LogP contribution in [0, 0.1) is 0 Å². The van der Waals surface area contributed by atoms with Crippen LogP contribution < -0.4 is 0 Å². The van der Waals surface area contributed by atoms with Gasteiger partial charge in [-0.3, -0.25) is 0 Å². The Morgan fingerprint density at radius 2 is 2.14 bits per heavy atom. The molecule has 0 fully saturated rings. The Hall–Kier alpha value is 0.882. The Bertz CT molecular complexity index is 27.3. The molecule has 0 spiro atoms. The molecule has 0 saturated carbocycles. The molecule has 0 N–H and O–H groups in total. The van der Waals surface area contributed by atoms with Crippen molar-refractivity contribution < 1.29 is 2.69 Å². The van der Waals surface area contributed by atoms with Crippen LogP contribution in [0.15, 0.2) is 0 Å². The molecular formula is C5H11OTl. The maximum absolute atomic E-state index is 5.01. The second kappa shape index (κ2) is 6.88. The van der Waals surface area contributed by atoms with Gasteiger partial charge in [0.15, 0.2) is 0 Å². The zero-order valence-corrected chi connectivity index (χ0v) is 9.30. The van der Waals surface area contributed by atoms with Gasteiger partial charge in [-0.1, -0.05) is 0 Å². The standard InChI is InChI=1S/C5H11O.Tl/c1-2-3-4-5-6;/h2-5H2,1H3;/q-1;+1. The molecule has 0 aliphatic rings. The Morgan fingerprint density at radius 1 is 1.43 bits per heavy atom. The molecular weight excluding hydrogens is 280 g/mol. The van der Waals surface area contributed by atoms with Gasteiger partial charge < -0.3 is 0 Å². The van der Waals surface area contributed by atoms with E-state index < -0.39 is 0 Å². The predicted molar refractivity (Wildman–Crippen MR) is 31.2 cm³/mol. The average Bonchev–Trinajstić information content (AvgIpc) is 1.69. The topological polar surface area (TPSA) is 9.23 Å². The molecule has 0 heterocycles. The Kier molecular flexibility index (Phi) is 7.75. The number of hydrogen-bond acceptors (Lipinski definition) is 1. The molecule has 0 aliphatic carbocycles. The third kappa shape index (κ3) is 6.88. The maximum atomic E-state index is 5.01. The quantitative estimate of drug-likeness (QED) is 0.560. The minimum absolute atomic E-state index is 0.738. The molecule has 0 amide bonds. The van der Waals surface area contributed by atoms with Crippen molar-refractivity contribution in [1.82, 2.24) is 0 Å². The van der Waals surface area contributed by atoms with Crippen molar-refractivity contribution in [2.45, 2.75) is 26.2 Å². The zero-order valence-electron chi connectivity index (χ0n) is 4.81.